The summed E-state index contributed by atoms with van der Waals surface area (Å²) in [4.78, 5) is 0. The van der Waals surface area contributed by atoms with Gasteiger partial charge in [0.15, 0.2) is 0 Å². The molecule has 0 heterocycles. The molecule has 0 fully saturated rings. The van der Waals surface area contributed by atoms with E-state index in [-0.39, 0.29) is 0 Å². The van der Waals surface area contributed by atoms with E-state index in [1.807, 2.05) is 12.1 Å². The van der Waals surface area contributed by atoms with E-state index in [9.17, 15) is 0 Å². The van der Waals surface area contributed by atoms with E-state index in [1.54, 1.807) is 0 Å². The molecule has 0 radical (unpaired) electrons. The van der Waals surface area contributed by atoms with Gasteiger partial charge in [-0.25, -0.2) is 0 Å². The van der Waals surface area contributed by atoms with Crippen LogP contribution in [-0.2, 0) is 0 Å². The van der Waals surface area contributed by atoms with Crippen LogP contribution in [0.25, 0.3) is 22.3 Å². The molecule has 24 heavy (non-hydrogen) atoms. The molecule has 2 heteroatoms. The summed E-state index contributed by atoms with van der Waals surface area (Å²) >= 11 is 0. The van der Waals surface area contributed by atoms with Crippen LogP contribution in [0.1, 0.15) is 22.3 Å². The predicted molar refractivity (Wildman–Crippen MR) is 105 cm³/mol. The van der Waals surface area contributed by atoms with Gasteiger partial charge in [-0.3, -0.25) is 0 Å². The average molecular weight is 316 g/mol. The molecular formula is C22H24N2. The minimum atomic E-state index is 0.753. The molecule has 0 atom stereocenters. The maximum absolute atomic E-state index is 6.38. The van der Waals surface area contributed by atoms with Gasteiger partial charge in [0.1, 0.15) is 0 Å². The lowest BCUT2D eigenvalue weighted by Gasteiger charge is -2.17. The molecule has 3 aromatic rings. The Balaban J connectivity index is 2.36. The van der Waals surface area contributed by atoms with Crippen LogP contribution < -0.4 is 11.5 Å². The van der Waals surface area contributed by atoms with E-state index in [4.69, 9.17) is 11.5 Å². The number of nitrogen functional groups attached to an aromatic ring is 2. The smallest absolute Gasteiger partial charge is 0.0401 e. The van der Waals surface area contributed by atoms with Crippen molar-refractivity contribution >= 4 is 11.4 Å². The first-order chi connectivity index (χ1) is 11.3. The molecule has 0 aliphatic carbocycles. The molecule has 0 saturated heterocycles. The fourth-order valence-electron chi connectivity index (χ4n) is 3.49. The van der Waals surface area contributed by atoms with Gasteiger partial charge in [-0.2, -0.15) is 0 Å². The molecule has 0 aliphatic rings. The van der Waals surface area contributed by atoms with Crippen molar-refractivity contribution in [2.75, 3.05) is 11.5 Å². The first kappa shape index (κ1) is 16.1. The van der Waals surface area contributed by atoms with Crippen LogP contribution in [-0.4, -0.2) is 0 Å². The Kier molecular flexibility index (Phi) is 4.06. The van der Waals surface area contributed by atoms with Crippen LogP contribution in [0.5, 0.6) is 0 Å². The second-order valence-electron chi connectivity index (χ2n) is 6.75. The van der Waals surface area contributed by atoms with E-state index in [0.29, 0.717) is 0 Å². The van der Waals surface area contributed by atoms with Gasteiger partial charge in [-0.1, -0.05) is 58.7 Å². The van der Waals surface area contributed by atoms with Gasteiger partial charge in [0.05, 0.1) is 0 Å². The summed E-state index contributed by atoms with van der Waals surface area (Å²) < 4.78 is 0. The van der Waals surface area contributed by atoms with Crippen molar-refractivity contribution < 1.29 is 0 Å². The molecule has 0 amide bonds. The molecular weight excluding hydrogens is 292 g/mol. The third-order valence-corrected chi connectivity index (χ3v) is 4.29. The van der Waals surface area contributed by atoms with Gasteiger partial charge >= 0.3 is 0 Å². The minimum Gasteiger partial charge on any atom is -0.398 e. The number of aryl methyl sites for hydroxylation is 4. The van der Waals surface area contributed by atoms with E-state index in [1.165, 1.54) is 22.3 Å². The number of anilines is 2. The standard InChI is InChI=1S/C22H24N2/c1-13-7-14(2)10-17(9-13)21-19(23)5-6-20(24)22(21)18-11-15(3)8-16(4)12-18/h5-12H,23-24H2,1-4H3. The van der Waals surface area contributed by atoms with Gasteiger partial charge in [-0.05, 0) is 51.0 Å². The number of hydrogen-bond acceptors (Lipinski definition) is 2. The van der Waals surface area contributed by atoms with Gasteiger partial charge in [0.2, 0.25) is 0 Å². The Hall–Kier alpha value is -2.74. The highest BCUT2D eigenvalue weighted by molar-refractivity contribution is 5.97. The monoisotopic (exact) mass is 316 g/mol. The summed E-state index contributed by atoms with van der Waals surface area (Å²) in [5.74, 6) is 0. The largest absolute Gasteiger partial charge is 0.398 e. The topological polar surface area (TPSA) is 52.0 Å². The van der Waals surface area contributed by atoms with E-state index >= 15 is 0 Å². The lowest BCUT2D eigenvalue weighted by molar-refractivity contribution is 1.37. The van der Waals surface area contributed by atoms with Crippen molar-refractivity contribution in [1.29, 1.82) is 0 Å². The van der Waals surface area contributed by atoms with Gasteiger partial charge in [0.25, 0.3) is 0 Å². The average Bonchev–Trinajstić information content (AvgIpc) is 2.47. The van der Waals surface area contributed by atoms with Crippen molar-refractivity contribution in [2.24, 2.45) is 0 Å². The van der Waals surface area contributed by atoms with Gasteiger partial charge in [0, 0.05) is 22.5 Å². The minimum absolute atomic E-state index is 0.753. The summed E-state index contributed by atoms with van der Waals surface area (Å²) in [5.41, 5.74) is 23.4. The Morgan fingerprint density at radius 3 is 1.08 bits per heavy atom. The third-order valence-electron chi connectivity index (χ3n) is 4.29. The second-order valence-corrected chi connectivity index (χ2v) is 6.75. The van der Waals surface area contributed by atoms with Gasteiger partial charge in [-0.15, -0.1) is 0 Å². The number of nitrogens with two attached hydrogens (primary N) is 2. The zero-order valence-corrected chi connectivity index (χ0v) is 14.8. The Bertz CT molecular complexity index is 806. The molecule has 0 bridgehead atoms. The van der Waals surface area contributed by atoms with Crippen LogP contribution in [0.2, 0.25) is 0 Å². The zero-order valence-electron chi connectivity index (χ0n) is 14.8. The van der Waals surface area contributed by atoms with Crippen LogP contribution in [0.3, 0.4) is 0 Å². The number of hydrogen-bond donors (Lipinski definition) is 2. The third kappa shape index (κ3) is 3.00. The molecule has 3 rings (SSSR count). The Morgan fingerprint density at radius 2 is 0.792 bits per heavy atom. The van der Waals surface area contributed by atoms with Crippen molar-refractivity contribution in [3.05, 3.63) is 70.8 Å². The molecule has 2 nitrogen and oxygen atoms in total. The van der Waals surface area contributed by atoms with Crippen LogP contribution >= 0.6 is 0 Å². The first-order valence-electron chi connectivity index (χ1n) is 8.20. The maximum atomic E-state index is 6.38. The maximum Gasteiger partial charge on any atom is 0.0401 e. The molecule has 0 aromatic heterocycles. The van der Waals surface area contributed by atoms with Crippen molar-refractivity contribution in [3.63, 3.8) is 0 Å². The summed E-state index contributed by atoms with van der Waals surface area (Å²) in [6.07, 6.45) is 0. The van der Waals surface area contributed by atoms with Crippen molar-refractivity contribution in [2.45, 2.75) is 27.7 Å². The van der Waals surface area contributed by atoms with Crippen LogP contribution in [0.4, 0.5) is 11.4 Å². The molecule has 0 unspecified atom stereocenters. The lowest BCUT2D eigenvalue weighted by atomic mass is 9.89. The highest BCUT2D eigenvalue weighted by Gasteiger charge is 2.15. The Labute approximate surface area is 144 Å². The van der Waals surface area contributed by atoms with Gasteiger partial charge < -0.3 is 11.5 Å². The van der Waals surface area contributed by atoms with Crippen LogP contribution in [0, 0.1) is 27.7 Å². The predicted octanol–water partition coefficient (Wildman–Crippen LogP) is 5.42. The summed E-state index contributed by atoms with van der Waals surface area (Å²) in [5, 5.41) is 0. The zero-order chi connectivity index (χ0) is 17.4. The normalized spacial score (nSPS) is 10.8. The van der Waals surface area contributed by atoms with Crippen molar-refractivity contribution in [3.8, 4) is 22.3 Å². The van der Waals surface area contributed by atoms with E-state index in [0.717, 1.165) is 33.6 Å². The highest BCUT2D eigenvalue weighted by Crippen LogP contribution is 2.41. The Morgan fingerprint density at radius 1 is 0.500 bits per heavy atom. The van der Waals surface area contributed by atoms with Crippen LogP contribution in [0.15, 0.2) is 48.5 Å². The SMILES string of the molecule is Cc1cc(C)cc(-c2c(N)ccc(N)c2-c2cc(C)cc(C)c2)c1. The van der Waals surface area contributed by atoms with E-state index in [2.05, 4.69) is 64.1 Å². The molecule has 0 saturated carbocycles. The highest BCUT2D eigenvalue weighted by atomic mass is 14.6. The molecule has 4 N–H and O–H groups in total. The first-order valence-corrected chi connectivity index (χ1v) is 8.20. The molecule has 0 spiro atoms. The fraction of sp³-hybridized carbons (Fsp3) is 0.182. The second kappa shape index (κ2) is 6.04. The van der Waals surface area contributed by atoms with E-state index < -0.39 is 0 Å². The molecule has 3 aromatic carbocycles. The lowest BCUT2D eigenvalue weighted by Crippen LogP contribution is -1.99. The number of benzene rings is 3. The summed E-state index contributed by atoms with van der Waals surface area (Å²) in [7, 11) is 0. The quantitative estimate of drug-likeness (QED) is 0.620. The molecule has 122 valence electrons. The molecule has 0 aliphatic heterocycles. The van der Waals surface area contributed by atoms with Crippen molar-refractivity contribution in [1.82, 2.24) is 0 Å². The summed E-state index contributed by atoms with van der Waals surface area (Å²) in [6.45, 7) is 8.43. The number of rotatable bonds is 2. The fourth-order valence-corrected chi connectivity index (χ4v) is 3.49. The summed E-state index contributed by atoms with van der Waals surface area (Å²) in [6, 6.07) is 16.8.